The maximum absolute atomic E-state index is 6.26. The van der Waals surface area contributed by atoms with Crippen LogP contribution in [0.2, 0.25) is 0 Å². The fraction of sp³-hybridized carbons (Fsp3) is 1.00. The predicted octanol–water partition coefficient (Wildman–Crippen LogP) is 4.43. The van der Waals surface area contributed by atoms with Crippen LogP contribution in [0.1, 0.15) is 78.6 Å². The van der Waals surface area contributed by atoms with E-state index in [0.717, 1.165) is 18.4 Å². The highest BCUT2D eigenvalue weighted by atomic mass is 15.2. The van der Waals surface area contributed by atoms with Gasteiger partial charge in [-0.2, -0.15) is 0 Å². The predicted molar refractivity (Wildman–Crippen MR) is 92.4 cm³/mol. The van der Waals surface area contributed by atoms with Crippen molar-refractivity contribution in [1.29, 1.82) is 0 Å². The molecule has 0 aromatic carbocycles. The summed E-state index contributed by atoms with van der Waals surface area (Å²) in [5.41, 5.74) is 7.06. The Balaban J connectivity index is 1.93. The van der Waals surface area contributed by atoms with Crippen molar-refractivity contribution in [3.63, 3.8) is 0 Å². The van der Waals surface area contributed by atoms with Gasteiger partial charge in [-0.25, -0.2) is 0 Å². The smallest absolute Gasteiger partial charge is 0.0329 e. The summed E-state index contributed by atoms with van der Waals surface area (Å²) in [6, 6.07) is 0. The molecule has 124 valence electrons. The molecular formula is C19H38N2. The first-order valence-corrected chi connectivity index (χ1v) is 9.35. The van der Waals surface area contributed by atoms with Gasteiger partial charge in [-0.05, 0) is 62.8 Å². The number of likely N-dealkylation sites (N-methyl/N-ethyl adjacent to an activating group) is 1. The van der Waals surface area contributed by atoms with Crippen molar-refractivity contribution in [2.24, 2.45) is 23.0 Å². The van der Waals surface area contributed by atoms with E-state index in [9.17, 15) is 0 Å². The molecule has 21 heavy (non-hydrogen) atoms. The van der Waals surface area contributed by atoms with Crippen LogP contribution in [0.25, 0.3) is 0 Å². The third-order valence-corrected chi connectivity index (χ3v) is 7.13. The van der Waals surface area contributed by atoms with Crippen molar-refractivity contribution in [1.82, 2.24) is 4.90 Å². The van der Waals surface area contributed by atoms with Crippen LogP contribution in [0, 0.1) is 17.3 Å². The zero-order valence-electron chi connectivity index (χ0n) is 15.0. The minimum Gasteiger partial charge on any atom is -0.329 e. The number of nitrogens with two attached hydrogens (primary N) is 1. The fourth-order valence-electron chi connectivity index (χ4n) is 4.74. The molecule has 2 fully saturated rings. The van der Waals surface area contributed by atoms with E-state index in [-0.39, 0.29) is 0 Å². The average molecular weight is 295 g/mol. The molecule has 0 radical (unpaired) electrons. The molecule has 0 aromatic heterocycles. The standard InChI is InChI=1S/C19H38N2/c1-5-18(2,3)17-10-12-19(15-20,13-11-17)21(4)14-16-8-6-7-9-16/h16-17H,5-15,20H2,1-4H3. The van der Waals surface area contributed by atoms with Crippen LogP contribution in [-0.2, 0) is 0 Å². The van der Waals surface area contributed by atoms with Gasteiger partial charge < -0.3 is 5.73 Å². The molecule has 2 aliphatic carbocycles. The number of hydrogen-bond acceptors (Lipinski definition) is 2. The Morgan fingerprint density at radius 1 is 1.10 bits per heavy atom. The average Bonchev–Trinajstić information content (AvgIpc) is 3.00. The first-order valence-electron chi connectivity index (χ1n) is 9.35. The van der Waals surface area contributed by atoms with E-state index in [4.69, 9.17) is 5.73 Å². The van der Waals surface area contributed by atoms with Gasteiger partial charge in [0.15, 0.2) is 0 Å². The largest absolute Gasteiger partial charge is 0.329 e. The first kappa shape index (κ1) is 17.3. The second-order valence-corrected chi connectivity index (χ2v) is 8.58. The summed E-state index contributed by atoms with van der Waals surface area (Å²) in [5, 5.41) is 0. The van der Waals surface area contributed by atoms with Gasteiger partial charge in [0.25, 0.3) is 0 Å². The van der Waals surface area contributed by atoms with Crippen molar-refractivity contribution in [3.8, 4) is 0 Å². The van der Waals surface area contributed by atoms with E-state index < -0.39 is 0 Å². The van der Waals surface area contributed by atoms with Gasteiger partial charge in [-0.1, -0.05) is 40.0 Å². The summed E-state index contributed by atoms with van der Waals surface area (Å²) in [6.45, 7) is 9.37. The Morgan fingerprint density at radius 3 is 2.14 bits per heavy atom. The Hall–Kier alpha value is -0.0800. The Labute approximate surface area is 132 Å². The van der Waals surface area contributed by atoms with Gasteiger partial charge in [0.1, 0.15) is 0 Å². The molecule has 2 rings (SSSR count). The van der Waals surface area contributed by atoms with E-state index in [1.165, 1.54) is 64.3 Å². The van der Waals surface area contributed by atoms with E-state index in [2.05, 4.69) is 32.7 Å². The van der Waals surface area contributed by atoms with Crippen LogP contribution in [0.4, 0.5) is 0 Å². The zero-order valence-corrected chi connectivity index (χ0v) is 15.0. The highest BCUT2D eigenvalue weighted by molar-refractivity contribution is 4.97. The topological polar surface area (TPSA) is 29.3 Å². The molecule has 0 amide bonds. The van der Waals surface area contributed by atoms with Crippen LogP contribution < -0.4 is 5.73 Å². The number of nitrogens with zero attached hydrogens (tertiary/aromatic N) is 1. The van der Waals surface area contributed by atoms with Gasteiger partial charge in [0.2, 0.25) is 0 Å². The SMILES string of the molecule is CCC(C)(C)C1CCC(CN)(N(C)CC2CCCC2)CC1. The lowest BCUT2D eigenvalue weighted by Crippen LogP contribution is -2.55. The maximum Gasteiger partial charge on any atom is 0.0329 e. The molecule has 2 saturated carbocycles. The lowest BCUT2D eigenvalue weighted by atomic mass is 9.65. The van der Waals surface area contributed by atoms with Crippen molar-refractivity contribution >= 4 is 0 Å². The minimum absolute atomic E-state index is 0.295. The van der Waals surface area contributed by atoms with Crippen LogP contribution in [0.15, 0.2) is 0 Å². The molecule has 0 atom stereocenters. The van der Waals surface area contributed by atoms with Crippen molar-refractivity contribution < 1.29 is 0 Å². The summed E-state index contributed by atoms with van der Waals surface area (Å²) in [6.07, 6.45) is 12.4. The highest BCUT2D eigenvalue weighted by Gasteiger charge is 2.41. The summed E-state index contributed by atoms with van der Waals surface area (Å²) in [7, 11) is 2.34. The van der Waals surface area contributed by atoms with Crippen molar-refractivity contribution in [2.45, 2.75) is 84.1 Å². The molecule has 0 heterocycles. The Morgan fingerprint density at radius 2 is 1.67 bits per heavy atom. The highest BCUT2D eigenvalue weighted by Crippen LogP contribution is 2.45. The summed E-state index contributed by atoms with van der Waals surface area (Å²) in [5.74, 6) is 1.82. The summed E-state index contributed by atoms with van der Waals surface area (Å²) < 4.78 is 0. The number of rotatable bonds is 6. The second kappa shape index (κ2) is 7.00. The van der Waals surface area contributed by atoms with Crippen LogP contribution in [-0.4, -0.2) is 30.6 Å². The zero-order chi connectivity index (χ0) is 15.5. The molecule has 2 heteroatoms. The van der Waals surface area contributed by atoms with E-state index in [0.29, 0.717) is 11.0 Å². The molecule has 2 aliphatic rings. The molecule has 0 aliphatic heterocycles. The molecule has 0 spiro atoms. The van der Waals surface area contributed by atoms with Gasteiger partial charge in [-0.15, -0.1) is 0 Å². The molecule has 0 bridgehead atoms. The monoisotopic (exact) mass is 294 g/mol. The van der Waals surface area contributed by atoms with Gasteiger partial charge in [-0.3, -0.25) is 4.90 Å². The lowest BCUT2D eigenvalue weighted by molar-refractivity contribution is 0.0243. The van der Waals surface area contributed by atoms with Crippen LogP contribution in [0.5, 0.6) is 0 Å². The van der Waals surface area contributed by atoms with E-state index >= 15 is 0 Å². The van der Waals surface area contributed by atoms with Crippen LogP contribution >= 0.6 is 0 Å². The molecule has 2 N–H and O–H groups in total. The maximum atomic E-state index is 6.26. The van der Waals surface area contributed by atoms with Gasteiger partial charge in [0.05, 0.1) is 0 Å². The van der Waals surface area contributed by atoms with Crippen molar-refractivity contribution in [3.05, 3.63) is 0 Å². The van der Waals surface area contributed by atoms with Crippen molar-refractivity contribution in [2.75, 3.05) is 20.1 Å². The number of hydrogen-bond donors (Lipinski definition) is 1. The summed E-state index contributed by atoms with van der Waals surface area (Å²) in [4.78, 5) is 2.65. The molecule has 2 nitrogen and oxygen atoms in total. The molecular weight excluding hydrogens is 256 g/mol. The molecule has 0 saturated heterocycles. The third-order valence-electron chi connectivity index (χ3n) is 7.13. The van der Waals surface area contributed by atoms with E-state index in [1.54, 1.807) is 0 Å². The minimum atomic E-state index is 0.295. The molecule has 0 aromatic rings. The fourth-order valence-corrected chi connectivity index (χ4v) is 4.74. The normalized spacial score (nSPS) is 32.0. The van der Waals surface area contributed by atoms with Crippen LogP contribution in [0.3, 0.4) is 0 Å². The quantitative estimate of drug-likeness (QED) is 0.785. The van der Waals surface area contributed by atoms with Gasteiger partial charge in [0, 0.05) is 18.6 Å². The lowest BCUT2D eigenvalue weighted by Gasteiger charge is -2.49. The summed E-state index contributed by atoms with van der Waals surface area (Å²) >= 11 is 0. The third kappa shape index (κ3) is 3.82. The second-order valence-electron chi connectivity index (χ2n) is 8.58. The Kier molecular flexibility index (Phi) is 5.76. The Bertz CT molecular complexity index is 310. The van der Waals surface area contributed by atoms with Gasteiger partial charge >= 0.3 is 0 Å². The van der Waals surface area contributed by atoms with E-state index in [1.807, 2.05) is 0 Å². The molecule has 0 unspecified atom stereocenters. The first-order chi connectivity index (χ1) is 9.93.